The number of carbonyl (C=O) groups is 2. The van der Waals surface area contributed by atoms with Gasteiger partial charge in [-0.3, -0.25) is 9.59 Å². The Balaban J connectivity index is 2.19. The van der Waals surface area contributed by atoms with E-state index in [2.05, 4.69) is 10.6 Å². The number of likely N-dealkylation sites (N-methyl/N-ethyl adjacent to an activating group) is 1. The minimum atomic E-state index is -0.416. The minimum absolute atomic E-state index is 0.185. The van der Waals surface area contributed by atoms with Gasteiger partial charge in [0.15, 0.2) is 6.61 Å². The molecule has 116 valence electrons. The molecule has 0 aliphatic carbocycles. The second kappa shape index (κ2) is 7.61. The number of ether oxygens (including phenoxy) is 1. The predicted octanol–water partition coefficient (Wildman–Crippen LogP) is 1.94. The van der Waals surface area contributed by atoms with Crippen molar-refractivity contribution in [2.45, 2.75) is 0 Å². The summed E-state index contributed by atoms with van der Waals surface area (Å²) >= 11 is 0. The minimum Gasteiger partial charge on any atom is -0.483 e. The molecule has 2 aromatic carbocycles. The monoisotopic (exact) mass is 309 g/mol. The van der Waals surface area contributed by atoms with Crippen molar-refractivity contribution in [3.8, 4) is 11.8 Å². The van der Waals surface area contributed by atoms with Crippen molar-refractivity contribution in [1.82, 2.24) is 5.32 Å². The molecule has 0 fully saturated rings. The Hall–Kier alpha value is -3.33. The summed E-state index contributed by atoms with van der Waals surface area (Å²) in [5.41, 5.74) is 1.06. The molecular formula is C17H15N3O3. The smallest absolute Gasteiger partial charge is 0.259 e. The number of rotatable bonds is 5. The van der Waals surface area contributed by atoms with Gasteiger partial charge in [0.25, 0.3) is 11.8 Å². The van der Waals surface area contributed by atoms with Crippen molar-refractivity contribution in [1.29, 1.82) is 5.26 Å². The average Bonchev–Trinajstić information content (AvgIpc) is 2.60. The number of nitriles is 1. The van der Waals surface area contributed by atoms with Crippen LogP contribution in [0, 0.1) is 11.3 Å². The number of benzene rings is 2. The molecule has 0 saturated carbocycles. The highest BCUT2D eigenvalue weighted by molar-refractivity contribution is 6.06. The zero-order valence-corrected chi connectivity index (χ0v) is 12.5. The van der Waals surface area contributed by atoms with Crippen LogP contribution in [0.5, 0.6) is 5.75 Å². The number of anilines is 1. The maximum Gasteiger partial charge on any atom is 0.259 e. The molecule has 0 aliphatic heterocycles. The van der Waals surface area contributed by atoms with E-state index in [0.717, 1.165) is 0 Å². The topological polar surface area (TPSA) is 91.2 Å². The molecule has 0 saturated heterocycles. The van der Waals surface area contributed by atoms with Gasteiger partial charge >= 0.3 is 0 Å². The Morgan fingerprint density at radius 2 is 1.83 bits per heavy atom. The van der Waals surface area contributed by atoms with Crippen molar-refractivity contribution in [3.63, 3.8) is 0 Å². The molecule has 0 bridgehead atoms. The molecule has 0 spiro atoms. The summed E-state index contributed by atoms with van der Waals surface area (Å²) in [5, 5.41) is 14.2. The summed E-state index contributed by atoms with van der Waals surface area (Å²) in [6, 6.07) is 15.3. The summed E-state index contributed by atoms with van der Waals surface area (Å²) in [6.07, 6.45) is 0. The first-order chi connectivity index (χ1) is 11.2. The van der Waals surface area contributed by atoms with Crippen molar-refractivity contribution < 1.29 is 14.3 Å². The number of para-hydroxylation sites is 2. The van der Waals surface area contributed by atoms with E-state index in [0.29, 0.717) is 17.0 Å². The molecule has 2 rings (SSSR count). The normalized spacial score (nSPS) is 9.57. The maximum atomic E-state index is 12.4. The average molecular weight is 309 g/mol. The Labute approximate surface area is 133 Å². The molecule has 0 radical (unpaired) electrons. The highest BCUT2D eigenvalue weighted by Gasteiger charge is 2.14. The summed E-state index contributed by atoms with van der Waals surface area (Å²) < 4.78 is 5.37. The molecule has 23 heavy (non-hydrogen) atoms. The predicted molar refractivity (Wildman–Crippen MR) is 85.1 cm³/mol. The highest BCUT2D eigenvalue weighted by Crippen LogP contribution is 2.21. The van der Waals surface area contributed by atoms with Gasteiger partial charge in [0.05, 0.1) is 16.8 Å². The molecule has 2 aromatic rings. The molecule has 0 unspecified atom stereocenters. The summed E-state index contributed by atoms with van der Waals surface area (Å²) in [4.78, 5) is 23.7. The number of nitrogens with zero attached hydrogens (tertiary/aromatic N) is 1. The van der Waals surface area contributed by atoms with E-state index in [1.54, 1.807) is 48.5 Å². The third-order valence-electron chi connectivity index (χ3n) is 3.07. The van der Waals surface area contributed by atoms with E-state index in [1.165, 1.54) is 7.05 Å². The summed E-state index contributed by atoms with van der Waals surface area (Å²) in [5.74, 6) is -0.418. The van der Waals surface area contributed by atoms with Gasteiger partial charge in [-0.05, 0) is 24.3 Å². The molecule has 6 heteroatoms. The fourth-order valence-corrected chi connectivity index (χ4v) is 1.87. The third-order valence-corrected chi connectivity index (χ3v) is 3.07. The Morgan fingerprint density at radius 1 is 1.13 bits per heavy atom. The number of hydrogen-bond acceptors (Lipinski definition) is 4. The van der Waals surface area contributed by atoms with Crippen LogP contribution >= 0.6 is 0 Å². The Kier molecular flexibility index (Phi) is 5.31. The van der Waals surface area contributed by atoms with Crippen LogP contribution in [0.1, 0.15) is 15.9 Å². The van der Waals surface area contributed by atoms with E-state index in [9.17, 15) is 9.59 Å². The molecule has 0 aromatic heterocycles. The van der Waals surface area contributed by atoms with Gasteiger partial charge in [-0.25, -0.2) is 0 Å². The van der Waals surface area contributed by atoms with Crippen LogP contribution < -0.4 is 15.4 Å². The number of amides is 2. The van der Waals surface area contributed by atoms with Gasteiger partial charge in [0, 0.05) is 7.05 Å². The quantitative estimate of drug-likeness (QED) is 0.883. The van der Waals surface area contributed by atoms with E-state index in [1.807, 2.05) is 6.07 Å². The summed E-state index contributed by atoms with van der Waals surface area (Å²) in [6.45, 7) is -0.185. The van der Waals surface area contributed by atoms with Crippen LogP contribution in [0.15, 0.2) is 48.5 Å². The Bertz CT molecular complexity index is 766. The maximum absolute atomic E-state index is 12.4. The van der Waals surface area contributed by atoms with Gasteiger partial charge in [-0.15, -0.1) is 0 Å². The van der Waals surface area contributed by atoms with Crippen LogP contribution in [0.3, 0.4) is 0 Å². The van der Waals surface area contributed by atoms with Crippen LogP contribution in [0.25, 0.3) is 0 Å². The van der Waals surface area contributed by atoms with E-state index in [4.69, 9.17) is 10.00 Å². The van der Waals surface area contributed by atoms with Gasteiger partial charge in [0.1, 0.15) is 11.8 Å². The molecule has 0 aliphatic rings. The standard InChI is InChI=1S/C17H15N3O3/c1-19-16(21)11-23-15-9-5-3-7-13(15)17(22)20-14-8-4-2-6-12(14)10-18/h2-9H,11H2,1H3,(H,19,21)(H,20,22). The van der Waals surface area contributed by atoms with Gasteiger partial charge in [-0.1, -0.05) is 24.3 Å². The number of carbonyl (C=O) groups excluding carboxylic acids is 2. The first kappa shape index (κ1) is 16.0. The second-order valence-corrected chi connectivity index (χ2v) is 4.57. The summed E-state index contributed by atoms with van der Waals surface area (Å²) in [7, 11) is 1.50. The number of nitrogens with one attached hydrogen (secondary N) is 2. The van der Waals surface area contributed by atoms with Crippen LogP contribution in [0.4, 0.5) is 5.69 Å². The zero-order chi connectivity index (χ0) is 16.7. The van der Waals surface area contributed by atoms with Gasteiger partial charge in [-0.2, -0.15) is 5.26 Å². The molecule has 0 atom stereocenters. The molecule has 2 N–H and O–H groups in total. The Morgan fingerprint density at radius 3 is 2.57 bits per heavy atom. The molecule has 2 amide bonds. The van der Waals surface area contributed by atoms with Crippen molar-refractivity contribution in [2.24, 2.45) is 0 Å². The highest BCUT2D eigenvalue weighted by atomic mass is 16.5. The molecule has 0 heterocycles. The second-order valence-electron chi connectivity index (χ2n) is 4.57. The van der Waals surface area contributed by atoms with Crippen LogP contribution in [-0.2, 0) is 4.79 Å². The molecule has 6 nitrogen and oxygen atoms in total. The van der Waals surface area contributed by atoms with E-state index < -0.39 is 5.91 Å². The van der Waals surface area contributed by atoms with Gasteiger partial charge in [0.2, 0.25) is 0 Å². The lowest BCUT2D eigenvalue weighted by atomic mass is 10.1. The number of hydrogen-bond donors (Lipinski definition) is 2. The van der Waals surface area contributed by atoms with E-state index in [-0.39, 0.29) is 18.1 Å². The van der Waals surface area contributed by atoms with Crippen molar-refractivity contribution in [3.05, 3.63) is 59.7 Å². The molecular weight excluding hydrogens is 294 g/mol. The fraction of sp³-hybridized carbons (Fsp3) is 0.118. The lowest BCUT2D eigenvalue weighted by Crippen LogP contribution is -2.25. The lowest BCUT2D eigenvalue weighted by molar-refractivity contribution is -0.122. The largest absolute Gasteiger partial charge is 0.483 e. The SMILES string of the molecule is CNC(=O)COc1ccccc1C(=O)Nc1ccccc1C#N. The van der Waals surface area contributed by atoms with Gasteiger partial charge < -0.3 is 15.4 Å². The fourth-order valence-electron chi connectivity index (χ4n) is 1.87. The van der Waals surface area contributed by atoms with Crippen molar-refractivity contribution in [2.75, 3.05) is 19.0 Å². The zero-order valence-electron chi connectivity index (χ0n) is 12.5. The van der Waals surface area contributed by atoms with E-state index >= 15 is 0 Å². The first-order valence-electron chi connectivity index (χ1n) is 6.88. The third kappa shape index (κ3) is 4.08. The van der Waals surface area contributed by atoms with Crippen LogP contribution in [0.2, 0.25) is 0 Å². The first-order valence-corrected chi connectivity index (χ1v) is 6.88. The van der Waals surface area contributed by atoms with Crippen molar-refractivity contribution >= 4 is 17.5 Å². The lowest BCUT2D eigenvalue weighted by Gasteiger charge is -2.11. The van der Waals surface area contributed by atoms with Crippen LogP contribution in [-0.4, -0.2) is 25.5 Å².